The predicted molar refractivity (Wildman–Crippen MR) is 243 cm³/mol. The van der Waals surface area contributed by atoms with E-state index in [9.17, 15) is 0 Å². The van der Waals surface area contributed by atoms with Gasteiger partial charge in [0.25, 0.3) is 0 Å². The van der Waals surface area contributed by atoms with Gasteiger partial charge in [-0.05, 0) is 93.5 Å². The zero-order chi connectivity index (χ0) is 37.7. The number of thiophene rings is 1. The first-order chi connectivity index (χ1) is 28.3. The van der Waals surface area contributed by atoms with Crippen molar-refractivity contribution in [2.45, 2.75) is 0 Å². The van der Waals surface area contributed by atoms with Gasteiger partial charge in [0, 0.05) is 47.9 Å². The van der Waals surface area contributed by atoms with Crippen LogP contribution in [0.5, 0.6) is 0 Å². The Labute approximate surface area is 335 Å². The molecule has 0 N–H and O–H groups in total. The summed E-state index contributed by atoms with van der Waals surface area (Å²) in [6.45, 7) is 0. The molecule has 0 aliphatic rings. The summed E-state index contributed by atoms with van der Waals surface area (Å²) in [6.07, 6.45) is 0. The van der Waals surface area contributed by atoms with Gasteiger partial charge in [-0.3, -0.25) is 0 Å². The number of benzene rings is 9. The number of hydrogen-bond acceptors (Lipinski definition) is 3. The van der Waals surface area contributed by atoms with Crippen molar-refractivity contribution in [3.05, 3.63) is 212 Å². The molecule has 57 heavy (non-hydrogen) atoms. The SMILES string of the molecule is c1ccc(-c2ccccc2-c2ccccc2-c2ccccc2N(c2ccc(-c3ccc4oc5ccccc5c4c3)cc2)c2ccc3c(c2)sc2ccccc23)cc1. The maximum Gasteiger partial charge on any atom is 0.135 e. The van der Waals surface area contributed by atoms with Gasteiger partial charge in [0.05, 0.1) is 5.69 Å². The fraction of sp³-hybridized carbons (Fsp3) is 0. The van der Waals surface area contributed by atoms with E-state index in [1.165, 1.54) is 48.0 Å². The predicted octanol–water partition coefficient (Wildman–Crippen LogP) is 16.1. The van der Waals surface area contributed by atoms with Gasteiger partial charge >= 0.3 is 0 Å². The standard InChI is InChI=1S/C54H35NOS/c1-2-14-37(15-3-1)41-16-4-5-17-42(41)43-18-6-7-19-44(43)45-20-8-11-23-50(45)55(40-31-32-48-47-22-10-13-25-53(47)57-54(48)35-40)39-29-26-36(27-30-39)38-28-33-52-49(34-38)46-21-9-12-24-51(46)56-52/h1-35H. The molecular formula is C54H35NOS. The Kier molecular flexibility index (Phi) is 8.04. The van der Waals surface area contributed by atoms with Gasteiger partial charge in [0.2, 0.25) is 0 Å². The first-order valence-corrected chi connectivity index (χ1v) is 20.1. The molecule has 0 fully saturated rings. The Morgan fingerprint density at radius 3 is 1.68 bits per heavy atom. The maximum absolute atomic E-state index is 6.15. The lowest BCUT2D eigenvalue weighted by molar-refractivity contribution is 0.669. The van der Waals surface area contributed by atoms with Crippen LogP contribution in [-0.2, 0) is 0 Å². The largest absolute Gasteiger partial charge is 0.456 e. The van der Waals surface area contributed by atoms with E-state index in [1.54, 1.807) is 0 Å². The van der Waals surface area contributed by atoms with Crippen LogP contribution in [0.15, 0.2) is 217 Å². The molecule has 0 saturated carbocycles. The monoisotopic (exact) mass is 745 g/mol. The van der Waals surface area contributed by atoms with Crippen LogP contribution < -0.4 is 4.90 Å². The molecule has 0 bridgehead atoms. The molecule has 0 aliphatic carbocycles. The van der Waals surface area contributed by atoms with Crippen molar-refractivity contribution in [1.82, 2.24) is 0 Å². The first-order valence-electron chi connectivity index (χ1n) is 19.3. The van der Waals surface area contributed by atoms with Crippen LogP contribution in [0.25, 0.3) is 86.6 Å². The lowest BCUT2D eigenvalue weighted by Crippen LogP contribution is -2.11. The van der Waals surface area contributed by atoms with E-state index in [0.29, 0.717) is 0 Å². The second-order valence-corrected chi connectivity index (χ2v) is 15.5. The number of nitrogens with zero attached hydrogens (tertiary/aromatic N) is 1. The number of hydrogen-bond donors (Lipinski definition) is 0. The zero-order valence-electron chi connectivity index (χ0n) is 31.0. The number of fused-ring (bicyclic) bond motifs is 6. The molecule has 0 spiro atoms. The van der Waals surface area contributed by atoms with E-state index in [4.69, 9.17) is 4.42 Å². The molecule has 3 heteroatoms. The Morgan fingerprint density at radius 2 is 0.877 bits per heavy atom. The van der Waals surface area contributed by atoms with Gasteiger partial charge in [-0.15, -0.1) is 11.3 Å². The van der Waals surface area contributed by atoms with Gasteiger partial charge in [0.15, 0.2) is 0 Å². The second kappa shape index (κ2) is 13.8. The van der Waals surface area contributed by atoms with E-state index < -0.39 is 0 Å². The number of para-hydroxylation sites is 2. The van der Waals surface area contributed by atoms with Crippen molar-refractivity contribution < 1.29 is 4.42 Å². The van der Waals surface area contributed by atoms with Gasteiger partial charge in [-0.2, -0.15) is 0 Å². The Hall–Kier alpha value is -7.20. The summed E-state index contributed by atoms with van der Waals surface area (Å²) < 4.78 is 8.72. The highest BCUT2D eigenvalue weighted by Gasteiger charge is 2.21. The van der Waals surface area contributed by atoms with Crippen molar-refractivity contribution in [3.8, 4) is 44.5 Å². The minimum absolute atomic E-state index is 0.905. The minimum atomic E-state index is 0.905. The zero-order valence-corrected chi connectivity index (χ0v) is 31.8. The topological polar surface area (TPSA) is 16.4 Å². The molecule has 0 radical (unpaired) electrons. The molecule has 2 heterocycles. The molecule has 0 amide bonds. The van der Waals surface area contributed by atoms with Gasteiger partial charge < -0.3 is 9.32 Å². The molecular weight excluding hydrogens is 711 g/mol. The van der Waals surface area contributed by atoms with Crippen molar-refractivity contribution in [3.63, 3.8) is 0 Å². The summed E-state index contributed by atoms with van der Waals surface area (Å²) in [4.78, 5) is 2.43. The van der Waals surface area contributed by atoms with Crippen molar-refractivity contribution in [1.29, 1.82) is 0 Å². The molecule has 2 nitrogen and oxygen atoms in total. The highest BCUT2D eigenvalue weighted by atomic mass is 32.1. The fourth-order valence-electron chi connectivity index (χ4n) is 8.43. The number of furan rings is 1. The van der Waals surface area contributed by atoms with Crippen LogP contribution in [0.4, 0.5) is 17.1 Å². The van der Waals surface area contributed by atoms with Crippen molar-refractivity contribution in [2.75, 3.05) is 4.90 Å². The molecule has 2 aromatic heterocycles. The van der Waals surface area contributed by atoms with E-state index in [1.807, 2.05) is 23.5 Å². The van der Waals surface area contributed by atoms with Crippen LogP contribution in [0.2, 0.25) is 0 Å². The summed E-state index contributed by atoms with van der Waals surface area (Å²) in [5.74, 6) is 0. The highest BCUT2D eigenvalue weighted by Crippen LogP contribution is 2.47. The van der Waals surface area contributed by atoms with Crippen LogP contribution in [0.1, 0.15) is 0 Å². The molecule has 0 unspecified atom stereocenters. The van der Waals surface area contributed by atoms with Crippen LogP contribution >= 0.6 is 11.3 Å². The second-order valence-electron chi connectivity index (χ2n) is 14.4. The lowest BCUT2D eigenvalue weighted by Gasteiger charge is -2.29. The molecule has 11 rings (SSSR count). The van der Waals surface area contributed by atoms with Gasteiger partial charge in [0.1, 0.15) is 11.2 Å². The maximum atomic E-state index is 6.15. The van der Waals surface area contributed by atoms with Gasteiger partial charge in [-0.25, -0.2) is 0 Å². The highest BCUT2D eigenvalue weighted by molar-refractivity contribution is 7.25. The number of rotatable bonds is 7. The lowest BCUT2D eigenvalue weighted by atomic mass is 9.88. The molecule has 11 aromatic rings. The molecule has 0 atom stereocenters. The quantitative estimate of drug-likeness (QED) is 0.162. The number of anilines is 3. The van der Waals surface area contributed by atoms with Crippen LogP contribution in [0.3, 0.4) is 0 Å². The summed E-state index contributed by atoms with van der Waals surface area (Å²) in [5, 5.41) is 4.85. The Balaban J connectivity index is 1.08. The average Bonchev–Trinajstić information content (AvgIpc) is 3.85. The third-order valence-corrected chi connectivity index (χ3v) is 12.3. The van der Waals surface area contributed by atoms with Crippen LogP contribution in [0, 0.1) is 0 Å². The summed E-state index contributed by atoms with van der Waals surface area (Å²) in [5.41, 5.74) is 14.6. The van der Waals surface area contributed by atoms with Gasteiger partial charge in [-0.1, -0.05) is 158 Å². The first kappa shape index (κ1) is 33.2. The van der Waals surface area contributed by atoms with Crippen molar-refractivity contribution in [2.24, 2.45) is 0 Å². The van der Waals surface area contributed by atoms with E-state index in [-0.39, 0.29) is 0 Å². The van der Waals surface area contributed by atoms with E-state index >= 15 is 0 Å². The Bertz CT molecular complexity index is 3250. The molecule has 268 valence electrons. The molecule has 0 aliphatic heterocycles. The third kappa shape index (κ3) is 5.80. The fourth-order valence-corrected chi connectivity index (χ4v) is 9.57. The molecule has 9 aromatic carbocycles. The smallest absolute Gasteiger partial charge is 0.135 e. The minimum Gasteiger partial charge on any atom is -0.456 e. The van der Waals surface area contributed by atoms with E-state index in [2.05, 4.69) is 205 Å². The molecule has 0 saturated heterocycles. The summed E-state index contributed by atoms with van der Waals surface area (Å²) in [7, 11) is 0. The van der Waals surface area contributed by atoms with Crippen molar-refractivity contribution >= 4 is 70.5 Å². The van der Waals surface area contributed by atoms with E-state index in [0.717, 1.165) is 55.7 Å². The third-order valence-electron chi connectivity index (χ3n) is 11.1. The normalized spacial score (nSPS) is 11.5. The summed E-state index contributed by atoms with van der Waals surface area (Å²) in [6, 6.07) is 76.5. The summed E-state index contributed by atoms with van der Waals surface area (Å²) >= 11 is 1.85. The van der Waals surface area contributed by atoms with Crippen LogP contribution in [-0.4, -0.2) is 0 Å². The Morgan fingerprint density at radius 1 is 0.316 bits per heavy atom. The average molecular weight is 746 g/mol.